The third-order valence-electron chi connectivity index (χ3n) is 5.30. The first-order chi connectivity index (χ1) is 17.1. The number of carbonyl (C=O) groups is 4. The van der Waals surface area contributed by atoms with E-state index in [4.69, 9.17) is 31.2 Å². The van der Waals surface area contributed by atoms with Crippen molar-refractivity contribution in [3.63, 3.8) is 0 Å². The number of amides is 1. The van der Waals surface area contributed by atoms with Crippen molar-refractivity contribution in [3.8, 4) is 11.5 Å². The van der Waals surface area contributed by atoms with Gasteiger partial charge in [-0.25, -0.2) is 14.6 Å². The normalized spacial score (nSPS) is 13.6. The number of esters is 1. The molecule has 1 atom stereocenters. The number of nitrogens with two attached hydrogens (primary N) is 2. The van der Waals surface area contributed by atoms with Crippen LogP contribution >= 0.6 is 0 Å². The number of carboxylic acid groups (broad SMARTS) is 2. The van der Waals surface area contributed by atoms with E-state index in [0.717, 1.165) is 0 Å². The lowest BCUT2D eigenvalue weighted by Gasteiger charge is -2.19. The lowest BCUT2D eigenvalue weighted by molar-refractivity contribution is -0.147. The Labute approximate surface area is 205 Å². The van der Waals surface area contributed by atoms with Crippen LogP contribution in [0.15, 0.2) is 41.4 Å². The summed E-state index contributed by atoms with van der Waals surface area (Å²) in [4.78, 5) is 51.2. The zero-order valence-electron chi connectivity index (χ0n) is 19.2. The number of benzene rings is 2. The van der Waals surface area contributed by atoms with E-state index in [1.807, 2.05) is 0 Å². The van der Waals surface area contributed by atoms with Gasteiger partial charge in [-0.3, -0.25) is 9.59 Å². The quantitative estimate of drug-likeness (QED) is 0.152. The Morgan fingerprint density at radius 3 is 2.61 bits per heavy atom. The molecule has 1 aliphatic heterocycles. The second-order valence-corrected chi connectivity index (χ2v) is 8.02. The van der Waals surface area contributed by atoms with Crippen molar-refractivity contribution in [3.05, 3.63) is 53.1 Å². The Morgan fingerprint density at radius 1 is 1.14 bits per heavy atom. The van der Waals surface area contributed by atoms with Gasteiger partial charge in [0.2, 0.25) is 5.91 Å². The number of carbonyl (C=O) groups excluding carboxylic acids is 2. The maximum absolute atomic E-state index is 12.9. The summed E-state index contributed by atoms with van der Waals surface area (Å²) in [5.74, 6) is -3.64. The highest BCUT2D eigenvalue weighted by molar-refractivity contribution is 5.94. The van der Waals surface area contributed by atoms with Gasteiger partial charge in [0.1, 0.15) is 6.04 Å². The lowest BCUT2D eigenvalue weighted by Crippen LogP contribution is -2.42. The van der Waals surface area contributed by atoms with Crippen LogP contribution in [-0.4, -0.2) is 52.6 Å². The van der Waals surface area contributed by atoms with E-state index in [9.17, 15) is 19.2 Å². The number of hydrogen-bond donors (Lipinski definition) is 5. The molecule has 0 spiro atoms. The smallest absolute Gasteiger partial charge is 0.343 e. The highest BCUT2D eigenvalue weighted by atomic mass is 16.6. The molecule has 0 bridgehead atoms. The minimum Gasteiger partial charge on any atom is -0.489 e. The molecule has 12 nitrogen and oxygen atoms in total. The predicted octanol–water partition coefficient (Wildman–Crippen LogP) is 1.11. The number of aliphatic imine (C=N–C) groups is 1. The van der Waals surface area contributed by atoms with E-state index in [1.54, 1.807) is 36.4 Å². The van der Waals surface area contributed by atoms with Crippen LogP contribution in [0.25, 0.3) is 0 Å². The van der Waals surface area contributed by atoms with E-state index < -0.39 is 36.3 Å². The molecule has 36 heavy (non-hydrogen) atoms. The molecule has 1 unspecified atom stereocenters. The van der Waals surface area contributed by atoms with Gasteiger partial charge in [0, 0.05) is 6.42 Å². The highest BCUT2D eigenvalue weighted by Crippen LogP contribution is 2.34. The van der Waals surface area contributed by atoms with Crippen molar-refractivity contribution < 1.29 is 38.9 Å². The average Bonchev–Trinajstić information content (AvgIpc) is 2.80. The van der Waals surface area contributed by atoms with Gasteiger partial charge >= 0.3 is 17.9 Å². The minimum absolute atomic E-state index is 0.101. The SMILES string of the molecule is NC(N)=Nc1ccc2c(c1)CCCOc1c(CCC(=O)NC(CC(=O)O)C(=O)O)cccc1OC2=O. The summed E-state index contributed by atoms with van der Waals surface area (Å²) in [5.41, 5.74) is 13.0. The molecule has 0 aliphatic carbocycles. The molecule has 1 heterocycles. The van der Waals surface area contributed by atoms with Crippen LogP contribution in [0, 0.1) is 0 Å². The molecule has 2 aromatic carbocycles. The summed E-state index contributed by atoms with van der Waals surface area (Å²) >= 11 is 0. The molecule has 0 aromatic heterocycles. The Bertz CT molecular complexity index is 1210. The zero-order chi connectivity index (χ0) is 26.2. The molecule has 12 heteroatoms. The van der Waals surface area contributed by atoms with Gasteiger partial charge in [-0.1, -0.05) is 12.1 Å². The van der Waals surface area contributed by atoms with Gasteiger partial charge in [0.15, 0.2) is 17.5 Å². The predicted molar refractivity (Wildman–Crippen MR) is 127 cm³/mol. The number of ether oxygens (including phenoxy) is 2. The average molecular weight is 498 g/mol. The molecular weight excluding hydrogens is 472 g/mol. The summed E-state index contributed by atoms with van der Waals surface area (Å²) in [5, 5.41) is 20.1. The number of nitrogens with zero attached hydrogens (tertiary/aromatic N) is 1. The van der Waals surface area contributed by atoms with Gasteiger partial charge in [-0.05, 0) is 54.7 Å². The van der Waals surface area contributed by atoms with Crippen LogP contribution in [0.4, 0.5) is 5.69 Å². The number of nitrogens with one attached hydrogen (secondary N) is 1. The van der Waals surface area contributed by atoms with Crippen LogP contribution in [0.3, 0.4) is 0 Å². The molecule has 1 amide bonds. The van der Waals surface area contributed by atoms with Crippen LogP contribution < -0.4 is 26.3 Å². The van der Waals surface area contributed by atoms with E-state index in [2.05, 4.69) is 10.3 Å². The standard InChI is InChI=1S/C24H26N4O8/c25-24(26)27-15-7-8-16-14(11-15)4-2-10-35-21-13(3-1-5-18(21)36-23(16)34)6-9-19(29)28-17(22(32)33)12-20(30)31/h1,3,5,7-8,11,17H,2,4,6,9-10,12H2,(H,28,29)(H,30,31)(H,32,33)(H4,25,26,27). The maximum Gasteiger partial charge on any atom is 0.343 e. The van der Waals surface area contributed by atoms with Crippen molar-refractivity contribution in [1.29, 1.82) is 0 Å². The molecule has 1 aliphatic rings. The topological polar surface area (TPSA) is 204 Å². The Balaban J connectivity index is 1.77. The lowest BCUT2D eigenvalue weighted by atomic mass is 10.0. The second kappa shape index (κ2) is 11.7. The van der Waals surface area contributed by atoms with Gasteiger partial charge in [0.05, 0.1) is 24.3 Å². The number of para-hydroxylation sites is 1. The number of hydrogen-bond acceptors (Lipinski definition) is 7. The van der Waals surface area contributed by atoms with Crippen LogP contribution in [0.1, 0.15) is 40.7 Å². The van der Waals surface area contributed by atoms with E-state index in [0.29, 0.717) is 47.6 Å². The molecule has 7 N–H and O–H groups in total. The number of aliphatic carboxylic acids is 2. The zero-order valence-corrected chi connectivity index (χ0v) is 19.2. The number of carboxylic acids is 2. The van der Waals surface area contributed by atoms with Crippen molar-refractivity contribution in [2.75, 3.05) is 6.61 Å². The fourth-order valence-electron chi connectivity index (χ4n) is 3.69. The molecule has 0 saturated heterocycles. The Morgan fingerprint density at radius 2 is 1.92 bits per heavy atom. The molecule has 190 valence electrons. The van der Waals surface area contributed by atoms with Crippen molar-refractivity contribution in [2.45, 2.75) is 38.1 Å². The van der Waals surface area contributed by atoms with E-state index >= 15 is 0 Å². The highest BCUT2D eigenvalue weighted by Gasteiger charge is 2.24. The van der Waals surface area contributed by atoms with Gasteiger partial charge in [-0.15, -0.1) is 0 Å². The number of guanidine groups is 1. The maximum atomic E-state index is 12.9. The summed E-state index contributed by atoms with van der Waals surface area (Å²) in [6, 6.07) is 8.28. The first-order valence-electron chi connectivity index (χ1n) is 11.1. The van der Waals surface area contributed by atoms with Gasteiger partial charge in [-0.2, -0.15) is 0 Å². The van der Waals surface area contributed by atoms with E-state index in [-0.39, 0.29) is 24.6 Å². The number of rotatable bonds is 8. The van der Waals surface area contributed by atoms with Gasteiger partial charge < -0.3 is 36.5 Å². The molecule has 3 rings (SSSR count). The molecule has 0 radical (unpaired) electrons. The fourth-order valence-corrected chi connectivity index (χ4v) is 3.69. The number of aryl methyl sites for hydroxylation is 2. The summed E-state index contributed by atoms with van der Waals surface area (Å²) in [6.45, 7) is 0.291. The number of fused-ring (bicyclic) bond motifs is 2. The van der Waals surface area contributed by atoms with Crippen LogP contribution in [-0.2, 0) is 27.2 Å². The second-order valence-electron chi connectivity index (χ2n) is 8.02. The van der Waals surface area contributed by atoms with E-state index in [1.165, 1.54) is 0 Å². The van der Waals surface area contributed by atoms with Crippen molar-refractivity contribution in [2.24, 2.45) is 16.5 Å². The molecule has 2 aromatic rings. The summed E-state index contributed by atoms with van der Waals surface area (Å²) < 4.78 is 11.5. The monoisotopic (exact) mass is 498 g/mol. The summed E-state index contributed by atoms with van der Waals surface area (Å²) in [6.07, 6.45) is 0.335. The fraction of sp³-hybridized carbons (Fsp3) is 0.292. The van der Waals surface area contributed by atoms with Crippen molar-refractivity contribution >= 4 is 35.5 Å². The third-order valence-corrected chi connectivity index (χ3v) is 5.30. The first kappa shape index (κ1) is 26.0. The largest absolute Gasteiger partial charge is 0.489 e. The molecule has 0 saturated carbocycles. The molecular formula is C24H26N4O8. The third kappa shape index (κ3) is 6.95. The first-order valence-corrected chi connectivity index (χ1v) is 11.1. The minimum atomic E-state index is -1.54. The molecule has 0 fully saturated rings. The summed E-state index contributed by atoms with van der Waals surface area (Å²) in [7, 11) is 0. The Hall–Kier alpha value is -4.61. The van der Waals surface area contributed by atoms with Gasteiger partial charge in [0.25, 0.3) is 0 Å². The Kier molecular flexibility index (Phi) is 8.44. The van der Waals surface area contributed by atoms with Crippen LogP contribution in [0.5, 0.6) is 11.5 Å². The van der Waals surface area contributed by atoms with Crippen molar-refractivity contribution in [1.82, 2.24) is 5.32 Å². The van der Waals surface area contributed by atoms with Crippen LogP contribution in [0.2, 0.25) is 0 Å².